The van der Waals surface area contributed by atoms with Gasteiger partial charge in [-0.1, -0.05) is 11.3 Å². The van der Waals surface area contributed by atoms with E-state index in [4.69, 9.17) is 9.47 Å². The number of fused-ring (bicyclic) bond motifs is 1. The summed E-state index contributed by atoms with van der Waals surface area (Å²) in [5.41, 5.74) is 1.72. The molecular formula is C21H27N5O3. The zero-order valence-corrected chi connectivity index (χ0v) is 16.6. The minimum absolute atomic E-state index is 0.0156. The van der Waals surface area contributed by atoms with Gasteiger partial charge in [0.15, 0.2) is 17.2 Å². The number of hydrogen-bond acceptors (Lipinski definition) is 6. The van der Waals surface area contributed by atoms with E-state index in [1.54, 1.807) is 0 Å². The number of carbonyl (C=O) groups excluding carboxylic acids is 1. The number of likely N-dealkylation sites (tertiary alicyclic amines) is 2. The summed E-state index contributed by atoms with van der Waals surface area (Å²) in [6.07, 6.45) is 6.33. The zero-order valence-electron chi connectivity index (χ0n) is 16.6. The van der Waals surface area contributed by atoms with E-state index in [2.05, 4.69) is 27.3 Å². The third-order valence-electron chi connectivity index (χ3n) is 6.04. The molecular weight excluding hydrogens is 370 g/mol. The highest BCUT2D eigenvalue weighted by Gasteiger charge is 2.24. The second kappa shape index (κ2) is 8.02. The Balaban J connectivity index is 1.17. The highest BCUT2D eigenvalue weighted by molar-refractivity contribution is 5.92. The summed E-state index contributed by atoms with van der Waals surface area (Å²) in [4.78, 5) is 16.8. The lowest BCUT2D eigenvalue weighted by Crippen LogP contribution is -2.36. The van der Waals surface area contributed by atoms with Crippen molar-refractivity contribution in [1.29, 1.82) is 0 Å². The molecule has 0 radical (unpaired) electrons. The number of hydrogen-bond donors (Lipinski definition) is 0. The van der Waals surface area contributed by atoms with E-state index < -0.39 is 0 Å². The maximum absolute atomic E-state index is 12.5. The number of amides is 1. The normalized spacial score (nSPS) is 21.7. The van der Waals surface area contributed by atoms with Crippen LogP contribution in [0.4, 0.5) is 0 Å². The van der Waals surface area contributed by atoms with Gasteiger partial charge in [0.1, 0.15) is 0 Å². The van der Waals surface area contributed by atoms with Crippen molar-refractivity contribution >= 4 is 5.91 Å². The Kier molecular flexibility index (Phi) is 5.10. The molecule has 0 aliphatic carbocycles. The first-order chi connectivity index (χ1) is 14.2. The van der Waals surface area contributed by atoms with Crippen molar-refractivity contribution in [3.05, 3.63) is 35.7 Å². The Labute approximate surface area is 170 Å². The van der Waals surface area contributed by atoms with Crippen molar-refractivity contribution in [2.24, 2.45) is 5.92 Å². The molecule has 2 aromatic rings. The van der Waals surface area contributed by atoms with Crippen LogP contribution >= 0.6 is 0 Å². The van der Waals surface area contributed by atoms with Gasteiger partial charge in [0, 0.05) is 32.7 Å². The molecule has 8 nitrogen and oxygen atoms in total. The van der Waals surface area contributed by atoms with E-state index in [0.29, 0.717) is 18.4 Å². The minimum atomic E-state index is 0.0156. The van der Waals surface area contributed by atoms with Crippen molar-refractivity contribution in [1.82, 2.24) is 24.8 Å². The maximum atomic E-state index is 12.5. The van der Waals surface area contributed by atoms with Gasteiger partial charge in [-0.15, -0.1) is 5.10 Å². The lowest BCUT2D eigenvalue weighted by atomic mass is 9.97. The van der Waals surface area contributed by atoms with Crippen molar-refractivity contribution in [3.63, 3.8) is 0 Å². The van der Waals surface area contributed by atoms with Gasteiger partial charge in [-0.25, -0.2) is 0 Å². The molecule has 154 valence electrons. The Bertz CT molecular complexity index is 877. The summed E-state index contributed by atoms with van der Waals surface area (Å²) in [6.45, 7) is 5.81. The van der Waals surface area contributed by atoms with E-state index in [-0.39, 0.29) is 5.91 Å². The van der Waals surface area contributed by atoms with Crippen LogP contribution in [0.25, 0.3) is 0 Å². The van der Waals surface area contributed by atoms with Crippen LogP contribution in [0, 0.1) is 5.92 Å². The third-order valence-corrected chi connectivity index (χ3v) is 6.04. The molecule has 8 heteroatoms. The first-order valence-corrected chi connectivity index (χ1v) is 10.5. The quantitative estimate of drug-likeness (QED) is 0.770. The number of rotatable bonds is 5. The average Bonchev–Trinajstić information content (AvgIpc) is 3.49. The molecule has 1 aromatic heterocycles. The molecule has 5 rings (SSSR count). The standard InChI is InChI=1S/C21H27N5O3/c27-21(25-8-1-2-9-25)18-14-26(23-22-18)13-17-4-3-7-24(12-17)11-16-5-6-19-20(10-16)29-15-28-19/h5-6,10,14,17H,1-4,7-9,11-13,15H2. The van der Waals surface area contributed by atoms with Crippen molar-refractivity contribution in [2.45, 2.75) is 38.8 Å². The largest absolute Gasteiger partial charge is 0.454 e. The van der Waals surface area contributed by atoms with E-state index in [1.165, 1.54) is 18.4 Å². The van der Waals surface area contributed by atoms with E-state index >= 15 is 0 Å². The fraction of sp³-hybridized carbons (Fsp3) is 0.571. The molecule has 1 unspecified atom stereocenters. The van der Waals surface area contributed by atoms with E-state index in [9.17, 15) is 4.79 Å². The summed E-state index contributed by atoms with van der Waals surface area (Å²) in [5, 5.41) is 8.35. The summed E-state index contributed by atoms with van der Waals surface area (Å²) >= 11 is 0. The van der Waals surface area contributed by atoms with Crippen LogP contribution in [0.1, 0.15) is 41.7 Å². The molecule has 29 heavy (non-hydrogen) atoms. The van der Waals surface area contributed by atoms with Crippen LogP contribution in [0.2, 0.25) is 0 Å². The second-order valence-corrected chi connectivity index (χ2v) is 8.26. The second-order valence-electron chi connectivity index (χ2n) is 8.26. The summed E-state index contributed by atoms with van der Waals surface area (Å²) < 4.78 is 12.7. The van der Waals surface area contributed by atoms with Crippen LogP contribution < -0.4 is 9.47 Å². The first kappa shape index (κ1) is 18.4. The van der Waals surface area contributed by atoms with Crippen LogP contribution in [-0.4, -0.2) is 63.7 Å². The lowest BCUT2D eigenvalue weighted by Gasteiger charge is -2.32. The number of ether oxygens (including phenoxy) is 2. The van der Waals surface area contributed by atoms with Crippen molar-refractivity contribution in [3.8, 4) is 11.5 Å². The predicted octanol–water partition coefficient (Wildman–Crippen LogP) is 2.16. The summed E-state index contributed by atoms with van der Waals surface area (Å²) in [6, 6.07) is 6.19. The van der Waals surface area contributed by atoms with E-state index in [1.807, 2.05) is 21.8 Å². The van der Waals surface area contributed by atoms with Crippen LogP contribution in [-0.2, 0) is 13.1 Å². The molecule has 3 aliphatic heterocycles. The van der Waals surface area contributed by atoms with Crippen molar-refractivity contribution in [2.75, 3.05) is 33.0 Å². The fourth-order valence-corrected chi connectivity index (χ4v) is 4.57. The molecule has 2 saturated heterocycles. The Morgan fingerprint density at radius 3 is 2.86 bits per heavy atom. The highest BCUT2D eigenvalue weighted by atomic mass is 16.7. The van der Waals surface area contributed by atoms with Gasteiger partial charge in [-0.05, 0) is 55.8 Å². The molecule has 1 aromatic carbocycles. The van der Waals surface area contributed by atoms with Gasteiger partial charge in [0.05, 0.1) is 6.20 Å². The number of aromatic nitrogens is 3. The highest BCUT2D eigenvalue weighted by Crippen LogP contribution is 2.33. The molecule has 0 spiro atoms. The van der Waals surface area contributed by atoms with E-state index in [0.717, 1.165) is 63.6 Å². The van der Waals surface area contributed by atoms with Gasteiger partial charge in [-0.2, -0.15) is 0 Å². The Hall–Kier alpha value is -2.61. The van der Waals surface area contributed by atoms with Crippen LogP contribution in [0.15, 0.2) is 24.4 Å². The topological polar surface area (TPSA) is 72.7 Å². The number of nitrogens with zero attached hydrogens (tertiary/aromatic N) is 5. The number of carbonyl (C=O) groups is 1. The predicted molar refractivity (Wildman–Crippen MR) is 106 cm³/mol. The molecule has 1 atom stereocenters. The molecule has 0 saturated carbocycles. The molecule has 4 heterocycles. The molecule has 2 fully saturated rings. The minimum Gasteiger partial charge on any atom is -0.454 e. The smallest absolute Gasteiger partial charge is 0.276 e. The fourth-order valence-electron chi connectivity index (χ4n) is 4.57. The van der Waals surface area contributed by atoms with Gasteiger partial charge < -0.3 is 14.4 Å². The average molecular weight is 397 g/mol. The van der Waals surface area contributed by atoms with Crippen molar-refractivity contribution < 1.29 is 14.3 Å². The van der Waals surface area contributed by atoms with Gasteiger partial charge in [0.2, 0.25) is 6.79 Å². The zero-order chi connectivity index (χ0) is 19.6. The maximum Gasteiger partial charge on any atom is 0.276 e. The SMILES string of the molecule is O=C(c1cn(CC2CCCN(Cc3ccc4c(c3)OCO4)C2)nn1)N1CCCC1. The first-order valence-electron chi connectivity index (χ1n) is 10.5. The van der Waals surface area contributed by atoms with Crippen LogP contribution in [0.5, 0.6) is 11.5 Å². The molecule has 1 amide bonds. The molecule has 0 N–H and O–H groups in total. The van der Waals surface area contributed by atoms with Crippen LogP contribution in [0.3, 0.4) is 0 Å². The Morgan fingerprint density at radius 1 is 1.10 bits per heavy atom. The number of benzene rings is 1. The molecule has 3 aliphatic rings. The summed E-state index contributed by atoms with van der Waals surface area (Å²) in [5.74, 6) is 2.20. The lowest BCUT2D eigenvalue weighted by molar-refractivity contribution is 0.0787. The van der Waals surface area contributed by atoms with Gasteiger partial charge in [0.25, 0.3) is 5.91 Å². The molecule has 0 bridgehead atoms. The van der Waals surface area contributed by atoms with Gasteiger partial charge in [-0.3, -0.25) is 14.4 Å². The number of piperidine rings is 1. The summed E-state index contributed by atoms with van der Waals surface area (Å²) in [7, 11) is 0. The monoisotopic (exact) mass is 397 g/mol. The third kappa shape index (κ3) is 4.07. The Morgan fingerprint density at radius 2 is 1.97 bits per heavy atom. The van der Waals surface area contributed by atoms with Gasteiger partial charge >= 0.3 is 0 Å².